The molecule has 4 heteroatoms. The number of amides is 1. The number of benzene rings is 1. The number of nitrogens with zero attached hydrogens (tertiary/aromatic N) is 2. The number of allylic oxidation sites excluding steroid dienone is 3. The van der Waals surface area contributed by atoms with Crippen LogP contribution in [0.15, 0.2) is 72.0 Å². The summed E-state index contributed by atoms with van der Waals surface area (Å²) >= 11 is 0. The van der Waals surface area contributed by atoms with Crippen LogP contribution < -0.4 is 5.43 Å². The lowest BCUT2D eigenvalue weighted by atomic mass is 10.2. The highest BCUT2D eigenvalue weighted by atomic mass is 16.2. The molecule has 0 aliphatic rings. The smallest absolute Gasteiger partial charge is 0.267 e. The van der Waals surface area contributed by atoms with Crippen LogP contribution in [0.1, 0.15) is 28.5 Å². The number of aromatic nitrogens is 1. The summed E-state index contributed by atoms with van der Waals surface area (Å²) in [6.45, 7) is 3.69. The van der Waals surface area contributed by atoms with Crippen molar-refractivity contribution in [3.8, 4) is 0 Å². The van der Waals surface area contributed by atoms with E-state index in [-0.39, 0.29) is 5.91 Å². The Bertz CT molecular complexity index is 729. The number of hydrogen-bond donors (Lipinski definition) is 1. The zero-order chi connectivity index (χ0) is 16.5. The first-order valence-electron chi connectivity index (χ1n) is 7.32. The Balaban J connectivity index is 1.87. The van der Waals surface area contributed by atoms with Crippen LogP contribution in [-0.4, -0.2) is 16.6 Å². The molecular formula is C19H19N3O. The lowest BCUT2D eigenvalue weighted by Crippen LogP contribution is -2.18. The minimum atomic E-state index is -0.273. The Morgan fingerprint density at radius 1 is 1.13 bits per heavy atom. The Kier molecular flexibility index (Phi) is 6.00. The zero-order valence-corrected chi connectivity index (χ0v) is 13.2. The Hall–Kier alpha value is -3.01. The van der Waals surface area contributed by atoms with Crippen molar-refractivity contribution < 1.29 is 4.79 Å². The highest BCUT2D eigenvalue weighted by molar-refractivity contribution is 5.97. The Labute approximate surface area is 136 Å². The van der Waals surface area contributed by atoms with Crippen molar-refractivity contribution in [3.63, 3.8) is 0 Å². The molecule has 1 N–H and O–H groups in total. The molecule has 0 unspecified atom stereocenters. The molecule has 0 aliphatic carbocycles. The molecule has 23 heavy (non-hydrogen) atoms. The summed E-state index contributed by atoms with van der Waals surface area (Å²) in [6.07, 6.45) is 9.17. The van der Waals surface area contributed by atoms with E-state index in [1.165, 1.54) is 6.20 Å². The quantitative estimate of drug-likeness (QED) is 0.519. The fourth-order valence-electron chi connectivity index (χ4n) is 1.77. The minimum Gasteiger partial charge on any atom is -0.267 e. The second-order valence-electron chi connectivity index (χ2n) is 5.01. The summed E-state index contributed by atoms with van der Waals surface area (Å²) in [5.74, 6) is -0.273. The average Bonchev–Trinajstić information content (AvgIpc) is 2.58. The van der Waals surface area contributed by atoms with Crippen molar-refractivity contribution in [2.24, 2.45) is 5.10 Å². The van der Waals surface area contributed by atoms with E-state index in [0.29, 0.717) is 11.3 Å². The zero-order valence-electron chi connectivity index (χ0n) is 13.2. The van der Waals surface area contributed by atoms with Crippen LogP contribution in [0.5, 0.6) is 0 Å². The summed E-state index contributed by atoms with van der Waals surface area (Å²) < 4.78 is 0. The molecule has 116 valence electrons. The van der Waals surface area contributed by atoms with E-state index < -0.39 is 0 Å². The van der Waals surface area contributed by atoms with Gasteiger partial charge in [0, 0.05) is 11.9 Å². The number of pyridine rings is 1. The van der Waals surface area contributed by atoms with Crippen molar-refractivity contribution in [1.29, 1.82) is 0 Å². The number of nitrogens with one attached hydrogen (secondary N) is 1. The third kappa shape index (κ3) is 5.71. The standard InChI is InChI=1S/C19H19N3O/c1-15-12-13-18(14-20-15)19(23)22-21-16(2)8-6-7-11-17-9-4-3-5-10-17/h3-14H,1-2H3,(H,22,23)/b8-6+,11-7+,21-16-. The average molecular weight is 305 g/mol. The maximum Gasteiger partial charge on any atom is 0.272 e. The van der Waals surface area contributed by atoms with Gasteiger partial charge in [-0.15, -0.1) is 0 Å². The molecule has 0 saturated heterocycles. The minimum absolute atomic E-state index is 0.273. The lowest BCUT2D eigenvalue weighted by molar-refractivity contribution is 0.0954. The molecule has 1 aromatic carbocycles. The predicted molar refractivity (Wildman–Crippen MR) is 94.2 cm³/mol. The molecule has 4 nitrogen and oxygen atoms in total. The van der Waals surface area contributed by atoms with Gasteiger partial charge in [0.25, 0.3) is 5.91 Å². The van der Waals surface area contributed by atoms with Crippen molar-refractivity contribution in [1.82, 2.24) is 10.4 Å². The molecular weight excluding hydrogens is 286 g/mol. The van der Waals surface area contributed by atoms with E-state index in [0.717, 1.165) is 11.3 Å². The first-order chi connectivity index (χ1) is 11.1. The Morgan fingerprint density at radius 2 is 1.91 bits per heavy atom. The molecule has 0 saturated carbocycles. The van der Waals surface area contributed by atoms with Crippen LogP contribution in [0.3, 0.4) is 0 Å². The number of rotatable bonds is 5. The summed E-state index contributed by atoms with van der Waals surface area (Å²) in [4.78, 5) is 16.0. The van der Waals surface area contributed by atoms with Crippen LogP contribution >= 0.6 is 0 Å². The van der Waals surface area contributed by atoms with Crippen LogP contribution in [0.25, 0.3) is 6.08 Å². The largest absolute Gasteiger partial charge is 0.272 e. The number of hydrazone groups is 1. The summed E-state index contributed by atoms with van der Waals surface area (Å²) in [6, 6.07) is 13.5. The first-order valence-corrected chi connectivity index (χ1v) is 7.32. The molecule has 1 amide bonds. The van der Waals surface area contributed by atoms with Gasteiger partial charge >= 0.3 is 0 Å². The molecule has 1 aromatic heterocycles. The van der Waals surface area contributed by atoms with Gasteiger partial charge < -0.3 is 0 Å². The van der Waals surface area contributed by atoms with Crippen LogP contribution in [-0.2, 0) is 0 Å². The van der Waals surface area contributed by atoms with Gasteiger partial charge in [-0.1, -0.05) is 48.6 Å². The molecule has 0 bridgehead atoms. The number of hydrogen-bond acceptors (Lipinski definition) is 3. The van der Waals surface area contributed by atoms with Crippen LogP contribution in [0.4, 0.5) is 0 Å². The Morgan fingerprint density at radius 3 is 2.61 bits per heavy atom. The van der Waals surface area contributed by atoms with Crippen molar-refractivity contribution in [3.05, 3.63) is 83.7 Å². The third-order valence-electron chi connectivity index (χ3n) is 3.04. The van der Waals surface area contributed by atoms with E-state index in [2.05, 4.69) is 15.5 Å². The molecule has 0 aliphatic heterocycles. The maximum atomic E-state index is 11.9. The second kappa shape index (κ2) is 8.44. The number of aryl methyl sites for hydroxylation is 1. The SMILES string of the molecule is CC(/C=C/C=C/c1ccccc1)=N/NC(=O)c1ccc(C)nc1. The van der Waals surface area contributed by atoms with E-state index in [1.807, 2.05) is 68.5 Å². The van der Waals surface area contributed by atoms with E-state index >= 15 is 0 Å². The normalized spacial score (nSPS) is 12.0. The van der Waals surface area contributed by atoms with Gasteiger partial charge in [-0.25, -0.2) is 5.43 Å². The number of carbonyl (C=O) groups excluding carboxylic acids is 1. The molecule has 2 rings (SSSR count). The van der Waals surface area contributed by atoms with Gasteiger partial charge in [0.1, 0.15) is 0 Å². The highest BCUT2D eigenvalue weighted by Gasteiger charge is 2.03. The summed E-state index contributed by atoms with van der Waals surface area (Å²) in [5.41, 5.74) is 5.70. The van der Waals surface area contributed by atoms with Crippen molar-refractivity contribution >= 4 is 17.7 Å². The lowest BCUT2D eigenvalue weighted by Gasteiger charge is -2.00. The first kappa shape index (κ1) is 16.4. The topological polar surface area (TPSA) is 54.4 Å². The van der Waals surface area contributed by atoms with Gasteiger partial charge in [0.2, 0.25) is 0 Å². The summed E-state index contributed by atoms with van der Waals surface area (Å²) in [7, 11) is 0. The van der Waals surface area contributed by atoms with Crippen LogP contribution in [0.2, 0.25) is 0 Å². The second-order valence-corrected chi connectivity index (χ2v) is 5.01. The predicted octanol–water partition coefficient (Wildman–Crippen LogP) is 3.77. The summed E-state index contributed by atoms with van der Waals surface area (Å²) in [5, 5.41) is 4.04. The molecule has 0 radical (unpaired) electrons. The van der Waals surface area contributed by atoms with Gasteiger partial charge in [-0.3, -0.25) is 9.78 Å². The van der Waals surface area contributed by atoms with E-state index in [9.17, 15) is 4.79 Å². The molecule has 0 fully saturated rings. The van der Waals surface area contributed by atoms with Crippen molar-refractivity contribution in [2.45, 2.75) is 13.8 Å². The monoisotopic (exact) mass is 305 g/mol. The molecule has 0 spiro atoms. The van der Waals surface area contributed by atoms with Gasteiger partial charge in [0.15, 0.2) is 0 Å². The fourth-order valence-corrected chi connectivity index (χ4v) is 1.77. The van der Waals surface area contributed by atoms with Gasteiger partial charge in [0.05, 0.1) is 11.3 Å². The van der Waals surface area contributed by atoms with Crippen molar-refractivity contribution in [2.75, 3.05) is 0 Å². The van der Waals surface area contributed by atoms with Crippen LogP contribution in [0, 0.1) is 6.92 Å². The highest BCUT2D eigenvalue weighted by Crippen LogP contribution is 2.01. The van der Waals surface area contributed by atoms with E-state index in [1.54, 1.807) is 12.1 Å². The maximum absolute atomic E-state index is 11.9. The van der Waals surface area contributed by atoms with Gasteiger partial charge in [-0.2, -0.15) is 5.10 Å². The van der Waals surface area contributed by atoms with Gasteiger partial charge in [-0.05, 0) is 37.6 Å². The number of carbonyl (C=O) groups is 1. The molecule has 1 heterocycles. The third-order valence-corrected chi connectivity index (χ3v) is 3.04. The molecule has 0 atom stereocenters. The molecule has 2 aromatic rings. The fraction of sp³-hybridized carbons (Fsp3) is 0.105. The van der Waals surface area contributed by atoms with E-state index in [4.69, 9.17) is 0 Å².